The third kappa shape index (κ3) is 4.64. The molecule has 0 amide bonds. The first kappa shape index (κ1) is 20.0. The highest BCUT2D eigenvalue weighted by molar-refractivity contribution is 7.89. The maximum Gasteiger partial charge on any atom is 0.341 e. The molecule has 0 spiro atoms. The third-order valence-corrected chi connectivity index (χ3v) is 5.88. The van der Waals surface area contributed by atoms with E-state index in [-0.39, 0.29) is 16.5 Å². The van der Waals surface area contributed by atoms with Crippen molar-refractivity contribution in [2.24, 2.45) is 0 Å². The zero-order valence-electron chi connectivity index (χ0n) is 14.6. The Morgan fingerprint density at radius 2 is 1.85 bits per heavy atom. The van der Waals surface area contributed by atoms with Crippen LogP contribution < -0.4 is 0 Å². The molecule has 2 rings (SSSR count). The summed E-state index contributed by atoms with van der Waals surface area (Å²) < 4.78 is 45.4. The van der Waals surface area contributed by atoms with Crippen LogP contribution >= 0.6 is 0 Å². The van der Waals surface area contributed by atoms with Crippen molar-refractivity contribution in [1.82, 2.24) is 9.29 Å². The lowest BCUT2D eigenvalue weighted by molar-refractivity contribution is 0.0310. The number of esters is 1. The molecule has 0 unspecified atom stereocenters. The maximum atomic E-state index is 13.1. The fourth-order valence-corrected chi connectivity index (χ4v) is 4.13. The molecular weight excluding hydrogens is 359 g/mol. The van der Waals surface area contributed by atoms with E-state index in [4.69, 9.17) is 4.74 Å². The first-order chi connectivity index (χ1) is 12.4. The third-order valence-electron chi connectivity index (χ3n) is 3.99. The van der Waals surface area contributed by atoms with Crippen molar-refractivity contribution in [1.29, 1.82) is 0 Å². The molecule has 0 aliphatic carbocycles. The first-order valence-electron chi connectivity index (χ1n) is 8.24. The number of nitrogens with zero attached hydrogens (tertiary/aromatic N) is 2. The average molecular weight is 380 g/mol. The van der Waals surface area contributed by atoms with Crippen LogP contribution in [-0.2, 0) is 14.8 Å². The molecule has 0 aliphatic heterocycles. The van der Waals surface area contributed by atoms with Gasteiger partial charge in [0.15, 0.2) is 6.73 Å². The summed E-state index contributed by atoms with van der Waals surface area (Å²) in [6.45, 7) is 3.27. The maximum absolute atomic E-state index is 13.1. The van der Waals surface area contributed by atoms with Crippen molar-refractivity contribution < 1.29 is 22.3 Å². The minimum atomic E-state index is -3.95. The summed E-state index contributed by atoms with van der Waals surface area (Å²) in [7, 11) is -3.95. The molecule has 1 heterocycles. The zero-order valence-corrected chi connectivity index (χ0v) is 15.4. The van der Waals surface area contributed by atoms with E-state index in [0.29, 0.717) is 12.8 Å². The number of benzene rings is 1. The van der Waals surface area contributed by atoms with Gasteiger partial charge in [-0.1, -0.05) is 13.8 Å². The summed E-state index contributed by atoms with van der Waals surface area (Å²) in [6.07, 6.45) is 3.95. The fourth-order valence-electron chi connectivity index (χ4n) is 2.50. The highest BCUT2D eigenvalue weighted by Gasteiger charge is 2.31. The number of hydrogen-bond acceptors (Lipinski definition) is 5. The second-order valence-corrected chi connectivity index (χ2v) is 7.51. The van der Waals surface area contributed by atoms with Crippen LogP contribution in [0.5, 0.6) is 0 Å². The molecule has 1 aromatic carbocycles. The van der Waals surface area contributed by atoms with Gasteiger partial charge in [0, 0.05) is 18.4 Å². The van der Waals surface area contributed by atoms with Crippen LogP contribution in [0.15, 0.2) is 53.7 Å². The van der Waals surface area contributed by atoms with Gasteiger partial charge in [-0.25, -0.2) is 17.6 Å². The monoisotopic (exact) mass is 380 g/mol. The standard InChI is InChI=1S/C18H21FN2O4S/c1-3-16(4-2)21(13-25-18(22)14-6-5-11-20-12-14)26(23,24)17-9-7-15(19)8-10-17/h5-12,16H,3-4,13H2,1-2H3. The van der Waals surface area contributed by atoms with Crippen LogP contribution in [0.3, 0.4) is 0 Å². The zero-order chi connectivity index (χ0) is 19.2. The predicted octanol–water partition coefficient (Wildman–Crippen LogP) is 3.21. The summed E-state index contributed by atoms with van der Waals surface area (Å²) in [4.78, 5) is 15.9. The Morgan fingerprint density at radius 1 is 1.19 bits per heavy atom. The highest BCUT2D eigenvalue weighted by atomic mass is 32.2. The number of sulfonamides is 1. The van der Waals surface area contributed by atoms with Crippen LogP contribution in [0.1, 0.15) is 37.0 Å². The summed E-state index contributed by atoms with van der Waals surface area (Å²) in [5, 5.41) is 0. The Balaban J connectivity index is 2.25. The van der Waals surface area contributed by atoms with Crippen molar-refractivity contribution in [2.75, 3.05) is 6.73 Å². The minimum Gasteiger partial charge on any atom is -0.445 e. The fraction of sp³-hybridized carbons (Fsp3) is 0.333. The average Bonchev–Trinajstić information content (AvgIpc) is 2.65. The van der Waals surface area contributed by atoms with Gasteiger partial charge in [-0.05, 0) is 49.2 Å². The summed E-state index contributed by atoms with van der Waals surface area (Å²) >= 11 is 0. The smallest absolute Gasteiger partial charge is 0.341 e. The van der Waals surface area contributed by atoms with E-state index < -0.39 is 28.5 Å². The lowest BCUT2D eigenvalue weighted by Crippen LogP contribution is -2.41. The molecule has 0 bridgehead atoms. The Bertz CT molecular complexity index is 822. The van der Waals surface area contributed by atoms with Gasteiger partial charge in [0.1, 0.15) is 5.82 Å². The number of rotatable bonds is 8. The molecule has 0 aliphatic rings. The molecule has 6 nitrogen and oxygen atoms in total. The number of halogens is 1. The summed E-state index contributed by atoms with van der Waals surface area (Å²) in [5.74, 6) is -1.19. The van der Waals surface area contributed by atoms with E-state index >= 15 is 0 Å². The van der Waals surface area contributed by atoms with Crippen molar-refractivity contribution in [3.8, 4) is 0 Å². The second-order valence-electron chi connectivity index (χ2n) is 5.62. The summed E-state index contributed by atoms with van der Waals surface area (Å²) in [6, 6.07) is 7.33. The molecule has 26 heavy (non-hydrogen) atoms. The van der Waals surface area contributed by atoms with Crippen molar-refractivity contribution >= 4 is 16.0 Å². The Hall–Kier alpha value is -2.32. The topological polar surface area (TPSA) is 76.6 Å². The van der Waals surface area contributed by atoms with Crippen molar-refractivity contribution in [2.45, 2.75) is 37.6 Å². The minimum absolute atomic E-state index is 0.0526. The number of carbonyl (C=O) groups is 1. The molecule has 0 saturated heterocycles. The molecule has 0 N–H and O–H groups in total. The van der Waals surface area contributed by atoms with Crippen LogP contribution in [0.2, 0.25) is 0 Å². The normalized spacial score (nSPS) is 11.7. The molecular formula is C18H21FN2O4S. The van der Waals surface area contributed by atoms with Crippen LogP contribution in [0, 0.1) is 5.82 Å². The van der Waals surface area contributed by atoms with Crippen molar-refractivity contribution in [3.05, 3.63) is 60.2 Å². The quantitative estimate of drug-likeness (QED) is 0.519. The second kappa shape index (κ2) is 8.86. The lowest BCUT2D eigenvalue weighted by Gasteiger charge is -2.29. The largest absolute Gasteiger partial charge is 0.445 e. The Morgan fingerprint density at radius 3 is 2.38 bits per heavy atom. The van der Waals surface area contributed by atoms with E-state index in [1.165, 1.54) is 30.6 Å². The number of hydrogen-bond donors (Lipinski definition) is 0. The molecule has 1 aromatic heterocycles. The summed E-state index contributed by atoms with van der Waals surface area (Å²) in [5.41, 5.74) is 0.233. The van der Waals surface area contributed by atoms with Gasteiger partial charge < -0.3 is 4.74 Å². The number of ether oxygens (including phenoxy) is 1. The number of pyridine rings is 1. The van der Waals surface area contributed by atoms with Gasteiger partial charge in [-0.3, -0.25) is 4.98 Å². The SMILES string of the molecule is CCC(CC)N(COC(=O)c1cccnc1)S(=O)(=O)c1ccc(F)cc1. The van der Waals surface area contributed by atoms with Crippen LogP contribution in [0.25, 0.3) is 0 Å². The van der Waals surface area contributed by atoms with Gasteiger partial charge in [0.25, 0.3) is 0 Å². The highest BCUT2D eigenvalue weighted by Crippen LogP contribution is 2.22. The molecule has 0 radical (unpaired) electrons. The van der Waals surface area contributed by atoms with Crippen LogP contribution in [-0.4, -0.2) is 36.4 Å². The van der Waals surface area contributed by atoms with E-state index in [2.05, 4.69) is 4.98 Å². The van der Waals surface area contributed by atoms with Crippen molar-refractivity contribution in [3.63, 3.8) is 0 Å². The molecule has 0 fully saturated rings. The molecule has 8 heteroatoms. The van der Waals surface area contributed by atoms with Crippen LogP contribution in [0.4, 0.5) is 4.39 Å². The predicted molar refractivity (Wildman–Crippen MR) is 94.3 cm³/mol. The van der Waals surface area contributed by atoms with E-state index in [1.807, 2.05) is 13.8 Å². The van der Waals surface area contributed by atoms with E-state index in [0.717, 1.165) is 16.4 Å². The van der Waals surface area contributed by atoms with E-state index in [1.54, 1.807) is 6.07 Å². The number of aromatic nitrogens is 1. The lowest BCUT2D eigenvalue weighted by atomic mass is 10.2. The van der Waals surface area contributed by atoms with Gasteiger partial charge in [-0.2, -0.15) is 4.31 Å². The van der Waals surface area contributed by atoms with Gasteiger partial charge in [0.05, 0.1) is 10.5 Å². The number of carbonyl (C=O) groups excluding carboxylic acids is 1. The molecule has 2 aromatic rings. The Kier molecular flexibility index (Phi) is 6.82. The molecule has 0 atom stereocenters. The molecule has 140 valence electrons. The van der Waals surface area contributed by atoms with Gasteiger partial charge in [0.2, 0.25) is 10.0 Å². The first-order valence-corrected chi connectivity index (χ1v) is 9.68. The van der Waals surface area contributed by atoms with Gasteiger partial charge >= 0.3 is 5.97 Å². The van der Waals surface area contributed by atoms with Gasteiger partial charge in [-0.15, -0.1) is 0 Å². The molecule has 0 saturated carbocycles. The Labute approximate surface area is 152 Å². The van der Waals surface area contributed by atoms with E-state index in [9.17, 15) is 17.6 Å².